The first kappa shape index (κ1) is 42.5. The van der Waals surface area contributed by atoms with E-state index in [0.717, 1.165) is 13.0 Å². The zero-order chi connectivity index (χ0) is 34.4. The van der Waals surface area contributed by atoms with Crippen LogP contribution in [0.2, 0.25) is 5.04 Å². The Morgan fingerprint density at radius 2 is 0.708 bits per heavy atom. The third kappa shape index (κ3) is 18.3. The van der Waals surface area contributed by atoms with E-state index in [-0.39, 0.29) is 5.04 Å². The lowest BCUT2D eigenvalue weighted by molar-refractivity contribution is -0.0237. The molecule has 0 heterocycles. The van der Waals surface area contributed by atoms with Gasteiger partial charge in [-0.15, -0.1) is 0 Å². The molecule has 0 saturated heterocycles. The van der Waals surface area contributed by atoms with Crippen LogP contribution in [-0.4, -0.2) is 121 Å². The molecule has 0 bridgehead atoms. The van der Waals surface area contributed by atoms with E-state index < -0.39 is 8.32 Å². The molecule has 0 aromatic heterocycles. The highest BCUT2D eigenvalue weighted by Crippen LogP contribution is 2.36. The van der Waals surface area contributed by atoms with Gasteiger partial charge in [0.1, 0.15) is 0 Å². The molecular weight excluding hydrogens is 628 g/mol. The summed E-state index contributed by atoms with van der Waals surface area (Å²) in [6, 6.07) is 21.3. The van der Waals surface area contributed by atoms with Crippen molar-refractivity contribution in [3.63, 3.8) is 0 Å². The third-order valence-electron chi connectivity index (χ3n) is 7.71. The zero-order valence-electron chi connectivity index (χ0n) is 30.3. The predicted molar refractivity (Wildman–Crippen MR) is 194 cm³/mol. The molecular formula is C38H64O9Si. The number of ether oxygens (including phenoxy) is 8. The zero-order valence-corrected chi connectivity index (χ0v) is 31.3. The standard InChI is InChI=1S/C38H64O9Si/c1-5-6-7-14-19-39-20-21-40-22-23-41-24-25-42-26-27-43-28-29-44-30-31-45-32-33-46-34-35-47-48(38(2,3)4,36-15-10-8-11-16-36)37-17-12-9-13-18-37/h8-13,15-18H,5-7,14,19-35H2,1-4H3. The number of hydrogen-bond donors (Lipinski definition) is 0. The summed E-state index contributed by atoms with van der Waals surface area (Å²) in [4.78, 5) is 0. The fourth-order valence-corrected chi connectivity index (χ4v) is 9.83. The van der Waals surface area contributed by atoms with Crippen LogP contribution in [0.1, 0.15) is 53.4 Å². The van der Waals surface area contributed by atoms with Gasteiger partial charge in [0.2, 0.25) is 0 Å². The molecule has 9 nitrogen and oxygen atoms in total. The van der Waals surface area contributed by atoms with Gasteiger partial charge in [0, 0.05) is 6.61 Å². The summed E-state index contributed by atoms with van der Waals surface area (Å²) in [6.45, 7) is 18.5. The summed E-state index contributed by atoms with van der Waals surface area (Å²) in [5.74, 6) is 0. The van der Waals surface area contributed by atoms with Gasteiger partial charge in [0.15, 0.2) is 0 Å². The summed E-state index contributed by atoms with van der Waals surface area (Å²) >= 11 is 0. The van der Waals surface area contributed by atoms with Crippen molar-refractivity contribution in [1.29, 1.82) is 0 Å². The van der Waals surface area contributed by atoms with E-state index in [1.54, 1.807) is 0 Å². The van der Waals surface area contributed by atoms with Crippen LogP contribution < -0.4 is 10.4 Å². The van der Waals surface area contributed by atoms with Crippen molar-refractivity contribution in [2.45, 2.75) is 58.4 Å². The lowest BCUT2D eigenvalue weighted by Gasteiger charge is -2.43. The van der Waals surface area contributed by atoms with E-state index in [4.69, 9.17) is 42.3 Å². The minimum absolute atomic E-state index is 0.0493. The van der Waals surface area contributed by atoms with Crippen molar-refractivity contribution in [3.8, 4) is 0 Å². The molecule has 2 aromatic rings. The van der Waals surface area contributed by atoms with Gasteiger partial charge >= 0.3 is 0 Å². The average Bonchev–Trinajstić information content (AvgIpc) is 3.09. The molecule has 0 fully saturated rings. The lowest BCUT2D eigenvalue weighted by Crippen LogP contribution is -2.66. The third-order valence-corrected chi connectivity index (χ3v) is 12.8. The Labute approximate surface area is 292 Å². The maximum atomic E-state index is 6.85. The SMILES string of the molecule is CCCCCCOCCOCCOCCOCCOCCOCCOCCOCCO[Si](c1ccccc1)(c1ccccc1)C(C)(C)C. The molecule has 10 heteroatoms. The molecule has 0 saturated carbocycles. The topological polar surface area (TPSA) is 83.1 Å². The van der Waals surface area contributed by atoms with Crippen molar-refractivity contribution < 1.29 is 42.3 Å². The second kappa shape index (κ2) is 28.0. The van der Waals surface area contributed by atoms with Crippen LogP contribution in [0, 0.1) is 0 Å². The molecule has 0 N–H and O–H groups in total. The van der Waals surface area contributed by atoms with Gasteiger partial charge in [0.05, 0.1) is 106 Å². The number of rotatable bonds is 32. The van der Waals surface area contributed by atoms with Crippen LogP contribution in [-0.2, 0) is 42.3 Å². The summed E-state index contributed by atoms with van der Waals surface area (Å²) in [6.07, 6.45) is 4.90. The first-order valence-electron chi connectivity index (χ1n) is 17.9. The van der Waals surface area contributed by atoms with Crippen LogP contribution in [0.4, 0.5) is 0 Å². The first-order chi connectivity index (χ1) is 23.5. The van der Waals surface area contributed by atoms with Gasteiger partial charge in [-0.05, 0) is 21.8 Å². The summed E-state index contributed by atoms with van der Waals surface area (Å²) < 4.78 is 51.5. The van der Waals surface area contributed by atoms with Crippen molar-refractivity contribution >= 4 is 18.7 Å². The normalized spacial score (nSPS) is 12.2. The molecule has 0 aliphatic rings. The summed E-state index contributed by atoms with van der Waals surface area (Å²) in [5, 5.41) is 2.50. The molecule has 48 heavy (non-hydrogen) atoms. The highest BCUT2D eigenvalue weighted by molar-refractivity contribution is 6.99. The lowest BCUT2D eigenvalue weighted by atomic mass is 10.2. The van der Waals surface area contributed by atoms with E-state index in [2.05, 4.69) is 88.4 Å². The molecule has 2 rings (SSSR count). The summed E-state index contributed by atoms with van der Waals surface area (Å²) in [5.41, 5.74) is 0. The Hall–Kier alpha value is -1.70. The van der Waals surface area contributed by atoms with E-state index in [0.29, 0.717) is 106 Å². The Kier molecular flexibility index (Phi) is 24.8. The van der Waals surface area contributed by atoms with Crippen LogP contribution >= 0.6 is 0 Å². The van der Waals surface area contributed by atoms with Gasteiger partial charge in [-0.1, -0.05) is 108 Å². The molecule has 2 aromatic carbocycles. The Morgan fingerprint density at radius 3 is 1.02 bits per heavy atom. The minimum atomic E-state index is -2.53. The smallest absolute Gasteiger partial charge is 0.261 e. The van der Waals surface area contributed by atoms with Crippen molar-refractivity contribution in [3.05, 3.63) is 60.7 Å². The molecule has 0 unspecified atom stereocenters. The average molecular weight is 693 g/mol. The summed E-state index contributed by atoms with van der Waals surface area (Å²) in [7, 11) is -2.53. The maximum Gasteiger partial charge on any atom is 0.261 e. The minimum Gasteiger partial charge on any atom is -0.405 e. The fourth-order valence-electron chi connectivity index (χ4n) is 5.29. The van der Waals surface area contributed by atoms with Crippen molar-refractivity contribution in [1.82, 2.24) is 0 Å². The predicted octanol–water partition coefficient (Wildman–Crippen LogP) is 5.28. The van der Waals surface area contributed by atoms with Gasteiger partial charge in [-0.2, -0.15) is 0 Å². The highest BCUT2D eigenvalue weighted by Gasteiger charge is 2.50. The largest absolute Gasteiger partial charge is 0.405 e. The van der Waals surface area contributed by atoms with E-state index in [1.165, 1.54) is 29.6 Å². The highest BCUT2D eigenvalue weighted by atomic mass is 28.4. The molecule has 274 valence electrons. The second-order valence-corrected chi connectivity index (χ2v) is 16.8. The van der Waals surface area contributed by atoms with Gasteiger partial charge in [-0.3, -0.25) is 0 Å². The second-order valence-electron chi connectivity index (χ2n) is 12.5. The number of benzene rings is 2. The number of unbranched alkanes of at least 4 members (excludes halogenated alkanes) is 3. The quantitative estimate of drug-likeness (QED) is 0.0752. The van der Waals surface area contributed by atoms with E-state index in [9.17, 15) is 0 Å². The molecule has 0 atom stereocenters. The molecule has 0 spiro atoms. The Morgan fingerprint density at radius 1 is 0.396 bits per heavy atom. The maximum absolute atomic E-state index is 6.85. The van der Waals surface area contributed by atoms with Crippen LogP contribution in [0.5, 0.6) is 0 Å². The molecule has 0 amide bonds. The van der Waals surface area contributed by atoms with Crippen LogP contribution in [0.15, 0.2) is 60.7 Å². The van der Waals surface area contributed by atoms with Crippen LogP contribution in [0.3, 0.4) is 0 Å². The molecule has 0 aliphatic heterocycles. The first-order valence-corrected chi connectivity index (χ1v) is 19.8. The fraction of sp³-hybridized carbons (Fsp3) is 0.684. The number of hydrogen-bond acceptors (Lipinski definition) is 9. The van der Waals surface area contributed by atoms with Crippen molar-refractivity contribution in [2.75, 3.05) is 112 Å². The van der Waals surface area contributed by atoms with Gasteiger partial charge < -0.3 is 42.3 Å². The van der Waals surface area contributed by atoms with E-state index >= 15 is 0 Å². The molecule has 0 aliphatic carbocycles. The monoisotopic (exact) mass is 692 g/mol. The Bertz CT molecular complexity index is 936. The van der Waals surface area contributed by atoms with Gasteiger partial charge in [0.25, 0.3) is 8.32 Å². The van der Waals surface area contributed by atoms with Crippen molar-refractivity contribution in [2.24, 2.45) is 0 Å². The Balaban J connectivity index is 1.37. The molecule has 0 radical (unpaired) electrons. The van der Waals surface area contributed by atoms with Crippen LogP contribution in [0.25, 0.3) is 0 Å². The van der Waals surface area contributed by atoms with E-state index in [1.807, 2.05) is 0 Å². The van der Waals surface area contributed by atoms with Gasteiger partial charge in [-0.25, -0.2) is 0 Å².